The molecule has 2 amide bonds. The predicted octanol–water partition coefficient (Wildman–Crippen LogP) is 2.61. The summed E-state index contributed by atoms with van der Waals surface area (Å²) in [6.45, 7) is 6.41. The van der Waals surface area contributed by atoms with Crippen molar-refractivity contribution in [2.75, 3.05) is 26.2 Å². The molecule has 3 N–H and O–H groups in total. The van der Waals surface area contributed by atoms with E-state index in [1.165, 1.54) is 11.1 Å². The highest BCUT2D eigenvalue weighted by molar-refractivity contribution is 5.85. The van der Waals surface area contributed by atoms with Crippen molar-refractivity contribution >= 4 is 24.2 Å². The predicted molar refractivity (Wildman–Crippen MR) is 107 cm³/mol. The van der Waals surface area contributed by atoms with Crippen molar-refractivity contribution in [2.45, 2.75) is 45.4 Å². The van der Waals surface area contributed by atoms with E-state index in [0.29, 0.717) is 26.1 Å². The first-order chi connectivity index (χ1) is 12.0. The van der Waals surface area contributed by atoms with Crippen molar-refractivity contribution < 1.29 is 9.59 Å². The van der Waals surface area contributed by atoms with Gasteiger partial charge in [-0.3, -0.25) is 9.59 Å². The van der Waals surface area contributed by atoms with Gasteiger partial charge in [0.05, 0.1) is 5.92 Å². The number of hydrogen-bond acceptors (Lipinski definition) is 3. The number of halogens is 1. The molecular formula is C20H32ClN3O2. The number of aryl methyl sites for hydroxylation is 1. The van der Waals surface area contributed by atoms with E-state index < -0.39 is 0 Å². The van der Waals surface area contributed by atoms with Gasteiger partial charge in [0.2, 0.25) is 11.8 Å². The first kappa shape index (κ1) is 22.5. The maximum absolute atomic E-state index is 12.8. The maximum Gasteiger partial charge on any atom is 0.224 e. The third kappa shape index (κ3) is 6.29. The molecule has 0 bridgehead atoms. The van der Waals surface area contributed by atoms with Crippen molar-refractivity contribution in [1.82, 2.24) is 10.2 Å². The first-order valence-corrected chi connectivity index (χ1v) is 9.37. The molecule has 2 rings (SSSR count). The monoisotopic (exact) mass is 381 g/mol. The van der Waals surface area contributed by atoms with Crippen molar-refractivity contribution in [2.24, 2.45) is 11.7 Å². The number of carbonyl (C=O) groups excluding carboxylic acids is 2. The molecule has 0 aromatic heterocycles. The van der Waals surface area contributed by atoms with E-state index in [9.17, 15) is 9.59 Å². The number of rotatable bonds is 7. The summed E-state index contributed by atoms with van der Waals surface area (Å²) in [5.74, 6) is 0.306. The second kappa shape index (κ2) is 11.2. The molecule has 1 aromatic carbocycles. The first-order valence-electron chi connectivity index (χ1n) is 9.37. The molecule has 1 aliphatic heterocycles. The Morgan fingerprint density at radius 3 is 2.62 bits per heavy atom. The minimum absolute atomic E-state index is 0. The molecule has 2 unspecified atom stereocenters. The highest BCUT2D eigenvalue weighted by atomic mass is 35.5. The van der Waals surface area contributed by atoms with Crippen LogP contribution in [0, 0.1) is 12.8 Å². The zero-order valence-corrected chi connectivity index (χ0v) is 16.7. The van der Waals surface area contributed by atoms with Crippen LogP contribution in [0.2, 0.25) is 0 Å². The van der Waals surface area contributed by atoms with Crippen LogP contribution < -0.4 is 11.1 Å². The molecule has 6 heteroatoms. The maximum atomic E-state index is 12.8. The number of nitrogens with two attached hydrogens (primary N) is 1. The summed E-state index contributed by atoms with van der Waals surface area (Å²) in [5.41, 5.74) is 7.88. The lowest BCUT2D eigenvalue weighted by atomic mass is 9.91. The molecule has 1 heterocycles. The number of hydrogen-bond donors (Lipinski definition) is 2. The van der Waals surface area contributed by atoms with Crippen molar-refractivity contribution in [3.8, 4) is 0 Å². The van der Waals surface area contributed by atoms with Crippen LogP contribution in [0.5, 0.6) is 0 Å². The Balaban J connectivity index is 0.00000338. The van der Waals surface area contributed by atoms with E-state index in [4.69, 9.17) is 5.73 Å². The zero-order valence-electron chi connectivity index (χ0n) is 15.9. The van der Waals surface area contributed by atoms with E-state index >= 15 is 0 Å². The molecule has 1 aliphatic rings. The highest BCUT2D eigenvalue weighted by Crippen LogP contribution is 2.26. The Hall–Kier alpha value is -1.59. The fourth-order valence-corrected chi connectivity index (χ4v) is 3.43. The highest BCUT2D eigenvalue weighted by Gasteiger charge is 2.29. The van der Waals surface area contributed by atoms with Crippen LogP contribution in [-0.2, 0) is 9.59 Å². The molecule has 0 radical (unpaired) electrons. The van der Waals surface area contributed by atoms with Gasteiger partial charge < -0.3 is 16.0 Å². The van der Waals surface area contributed by atoms with E-state index in [1.807, 2.05) is 4.90 Å². The molecule has 26 heavy (non-hydrogen) atoms. The molecule has 146 valence electrons. The minimum atomic E-state index is -0.108. The van der Waals surface area contributed by atoms with Gasteiger partial charge in [0, 0.05) is 32.6 Å². The van der Waals surface area contributed by atoms with E-state index in [-0.39, 0.29) is 36.1 Å². The molecule has 2 atom stereocenters. The fourth-order valence-electron chi connectivity index (χ4n) is 3.43. The third-order valence-electron chi connectivity index (χ3n) is 5.05. The van der Waals surface area contributed by atoms with Gasteiger partial charge in [-0.15, -0.1) is 12.4 Å². The number of benzene rings is 1. The molecule has 1 aromatic rings. The Morgan fingerprint density at radius 1 is 1.31 bits per heavy atom. The topological polar surface area (TPSA) is 75.4 Å². The molecule has 1 saturated heterocycles. The second-order valence-corrected chi connectivity index (χ2v) is 6.98. The van der Waals surface area contributed by atoms with E-state index in [1.54, 1.807) is 0 Å². The van der Waals surface area contributed by atoms with Gasteiger partial charge in [-0.2, -0.15) is 0 Å². The van der Waals surface area contributed by atoms with Crippen molar-refractivity contribution in [3.63, 3.8) is 0 Å². The Morgan fingerprint density at radius 2 is 2.00 bits per heavy atom. The summed E-state index contributed by atoms with van der Waals surface area (Å²) in [5, 5.41) is 2.84. The molecule has 0 spiro atoms. The summed E-state index contributed by atoms with van der Waals surface area (Å²) in [7, 11) is 0. The molecule has 0 aliphatic carbocycles. The number of nitrogens with one attached hydrogen (secondary N) is 1. The number of piperidine rings is 1. The van der Waals surface area contributed by atoms with Crippen LogP contribution in [0.4, 0.5) is 0 Å². The third-order valence-corrected chi connectivity index (χ3v) is 5.05. The van der Waals surface area contributed by atoms with Crippen LogP contribution in [0.25, 0.3) is 0 Å². The van der Waals surface area contributed by atoms with Crippen LogP contribution in [-0.4, -0.2) is 42.9 Å². The summed E-state index contributed by atoms with van der Waals surface area (Å²) in [6, 6.07) is 8.44. The minimum Gasteiger partial charge on any atom is -0.355 e. The molecular weight excluding hydrogens is 350 g/mol. The van der Waals surface area contributed by atoms with Crippen LogP contribution >= 0.6 is 12.4 Å². The Labute approximate surface area is 163 Å². The lowest BCUT2D eigenvalue weighted by molar-refractivity contribution is -0.136. The second-order valence-electron chi connectivity index (χ2n) is 6.98. The van der Waals surface area contributed by atoms with E-state index in [2.05, 4.69) is 43.4 Å². The van der Waals surface area contributed by atoms with E-state index in [0.717, 1.165) is 25.8 Å². The average Bonchev–Trinajstić information content (AvgIpc) is 2.64. The zero-order chi connectivity index (χ0) is 18.2. The lowest BCUT2D eigenvalue weighted by Crippen LogP contribution is -2.46. The van der Waals surface area contributed by atoms with Gasteiger partial charge in [-0.25, -0.2) is 0 Å². The smallest absolute Gasteiger partial charge is 0.224 e. The number of carbonyl (C=O) groups is 2. The fraction of sp³-hybridized carbons (Fsp3) is 0.600. The Kier molecular flexibility index (Phi) is 9.66. The quantitative estimate of drug-likeness (QED) is 0.762. The van der Waals surface area contributed by atoms with Crippen molar-refractivity contribution in [1.29, 1.82) is 0 Å². The van der Waals surface area contributed by atoms with Crippen LogP contribution in [0.1, 0.15) is 49.7 Å². The molecule has 5 nitrogen and oxygen atoms in total. The molecule has 0 saturated carbocycles. The van der Waals surface area contributed by atoms with Gasteiger partial charge in [0.15, 0.2) is 0 Å². The Bertz CT molecular complexity index is 577. The van der Waals surface area contributed by atoms with Gasteiger partial charge in [0.25, 0.3) is 0 Å². The van der Waals surface area contributed by atoms with Crippen molar-refractivity contribution in [3.05, 3.63) is 35.4 Å². The number of nitrogens with zero attached hydrogens (tertiary/aromatic N) is 1. The summed E-state index contributed by atoms with van der Waals surface area (Å²) >= 11 is 0. The summed E-state index contributed by atoms with van der Waals surface area (Å²) < 4.78 is 0. The lowest BCUT2D eigenvalue weighted by Gasteiger charge is -2.33. The average molecular weight is 382 g/mol. The SMILES string of the molecule is CCC(CC(=O)N1CCCC(C(=O)NCCN)C1)c1ccc(C)cc1.Cl. The van der Waals surface area contributed by atoms with Gasteiger partial charge in [-0.1, -0.05) is 36.8 Å². The normalized spacial score (nSPS) is 18.0. The molecule has 1 fully saturated rings. The summed E-state index contributed by atoms with van der Waals surface area (Å²) in [6.07, 6.45) is 3.17. The van der Waals surface area contributed by atoms with Gasteiger partial charge in [0.1, 0.15) is 0 Å². The summed E-state index contributed by atoms with van der Waals surface area (Å²) in [4.78, 5) is 26.8. The van der Waals surface area contributed by atoms with Gasteiger partial charge >= 0.3 is 0 Å². The number of amides is 2. The number of likely N-dealkylation sites (tertiary alicyclic amines) is 1. The largest absolute Gasteiger partial charge is 0.355 e. The van der Waals surface area contributed by atoms with Crippen LogP contribution in [0.3, 0.4) is 0 Å². The standard InChI is InChI=1S/C20H31N3O2.ClH/c1-3-16(17-8-6-15(2)7-9-17)13-19(24)23-12-4-5-18(14-23)20(25)22-11-10-21;/h6-9,16,18H,3-5,10-14,21H2,1-2H3,(H,22,25);1H. The van der Waals surface area contributed by atoms with Gasteiger partial charge in [-0.05, 0) is 37.7 Å². The van der Waals surface area contributed by atoms with Crippen LogP contribution in [0.15, 0.2) is 24.3 Å².